The summed E-state index contributed by atoms with van der Waals surface area (Å²) in [6.07, 6.45) is 0. The molecule has 0 bridgehead atoms. The van der Waals surface area contributed by atoms with Gasteiger partial charge in [-0.2, -0.15) is 0 Å². The predicted molar refractivity (Wildman–Crippen MR) is 215 cm³/mol. The number of rotatable bonds is 5. The van der Waals surface area contributed by atoms with E-state index in [1.54, 1.807) is 0 Å². The Morgan fingerprint density at radius 3 is 1.16 bits per heavy atom. The van der Waals surface area contributed by atoms with Crippen molar-refractivity contribution >= 4 is 43.1 Å². The third-order valence-corrected chi connectivity index (χ3v) is 10.4. The smallest absolute Gasteiger partial charge is 0.00139 e. The molecule has 0 amide bonds. The van der Waals surface area contributed by atoms with E-state index in [1.807, 2.05) is 0 Å². The Morgan fingerprint density at radius 2 is 0.600 bits per heavy atom. The minimum Gasteiger partial charge on any atom is -0.0622 e. The van der Waals surface area contributed by atoms with Crippen LogP contribution in [-0.4, -0.2) is 0 Å². The Morgan fingerprint density at radius 1 is 0.200 bits per heavy atom. The molecule has 0 heterocycles. The topological polar surface area (TPSA) is 0 Å². The van der Waals surface area contributed by atoms with Crippen LogP contribution >= 0.6 is 0 Å². The molecular weight excluding hydrogens is 601 g/mol. The maximum atomic E-state index is 2.43. The summed E-state index contributed by atoms with van der Waals surface area (Å²) in [7, 11) is 0. The van der Waals surface area contributed by atoms with E-state index < -0.39 is 0 Å². The lowest BCUT2D eigenvalue weighted by Crippen LogP contribution is -1.95. The van der Waals surface area contributed by atoms with E-state index >= 15 is 0 Å². The highest BCUT2D eigenvalue weighted by Crippen LogP contribution is 2.49. The molecule has 0 nitrogen and oxygen atoms in total. The van der Waals surface area contributed by atoms with Crippen molar-refractivity contribution in [2.24, 2.45) is 0 Å². The monoisotopic (exact) mass is 632 g/mol. The fraction of sp³-hybridized carbons (Fsp3) is 0. The van der Waals surface area contributed by atoms with E-state index in [-0.39, 0.29) is 0 Å². The van der Waals surface area contributed by atoms with Crippen LogP contribution in [0.5, 0.6) is 0 Å². The minimum atomic E-state index is 1.22. The molecule has 0 aliphatic heterocycles. The molecule has 232 valence electrons. The number of benzene rings is 10. The van der Waals surface area contributed by atoms with Gasteiger partial charge in [0, 0.05) is 0 Å². The molecular formula is C50H32. The van der Waals surface area contributed by atoms with Crippen LogP contribution in [0.15, 0.2) is 194 Å². The standard InChI is InChI=1S/C50H32/c1-4-15-34(16-5-1)39-22-12-13-23-40(39)48-32-46(36-19-8-3-9-20-36)42-27-26-41-45(35-17-6-2-7-18-35)31-47(43-28-29-44(48)50(42)49(41)43)38-25-24-33-14-10-11-21-37(33)30-38/h1-32H. The average molecular weight is 633 g/mol. The molecule has 0 atom stereocenters. The molecule has 0 spiro atoms. The molecule has 0 radical (unpaired) electrons. The van der Waals surface area contributed by atoms with Crippen molar-refractivity contribution in [1.29, 1.82) is 0 Å². The second-order valence-corrected chi connectivity index (χ2v) is 13.2. The Hall–Kier alpha value is -6.50. The zero-order chi connectivity index (χ0) is 33.0. The van der Waals surface area contributed by atoms with Crippen molar-refractivity contribution in [1.82, 2.24) is 0 Å². The summed E-state index contributed by atoms with van der Waals surface area (Å²) < 4.78 is 0. The lowest BCUT2D eigenvalue weighted by Gasteiger charge is -2.22. The summed E-state index contributed by atoms with van der Waals surface area (Å²) in [6.45, 7) is 0. The van der Waals surface area contributed by atoms with Gasteiger partial charge in [0.15, 0.2) is 0 Å². The highest BCUT2D eigenvalue weighted by Gasteiger charge is 2.22. The molecule has 0 fully saturated rings. The largest absolute Gasteiger partial charge is 0.0622 e. The highest BCUT2D eigenvalue weighted by atomic mass is 14.2. The van der Waals surface area contributed by atoms with Gasteiger partial charge in [0.2, 0.25) is 0 Å². The number of hydrogen-bond donors (Lipinski definition) is 0. The summed E-state index contributed by atoms with van der Waals surface area (Å²) in [5.41, 5.74) is 12.4. The van der Waals surface area contributed by atoms with Crippen molar-refractivity contribution in [2.75, 3.05) is 0 Å². The Bertz CT molecular complexity index is 2830. The van der Waals surface area contributed by atoms with Gasteiger partial charge in [0.1, 0.15) is 0 Å². The van der Waals surface area contributed by atoms with Crippen LogP contribution in [0.25, 0.3) is 98.7 Å². The zero-order valence-electron chi connectivity index (χ0n) is 27.5. The summed E-state index contributed by atoms with van der Waals surface area (Å²) in [4.78, 5) is 0. The van der Waals surface area contributed by atoms with Crippen LogP contribution in [0.1, 0.15) is 0 Å². The third kappa shape index (κ3) is 4.54. The SMILES string of the molecule is c1ccc(-c2ccccc2-c2cc(-c3ccccc3)c3ccc4c(-c5ccccc5)cc(-c5ccc6ccccc6c5)c5ccc2c3c45)cc1. The van der Waals surface area contributed by atoms with E-state index in [0.29, 0.717) is 0 Å². The van der Waals surface area contributed by atoms with Gasteiger partial charge in [0.05, 0.1) is 0 Å². The van der Waals surface area contributed by atoms with Gasteiger partial charge in [-0.1, -0.05) is 176 Å². The van der Waals surface area contributed by atoms with Crippen LogP contribution in [-0.2, 0) is 0 Å². The van der Waals surface area contributed by atoms with Crippen LogP contribution in [0.4, 0.5) is 0 Å². The maximum absolute atomic E-state index is 2.43. The number of hydrogen-bond acceptors (Lipinski definition) is 0. The first-order valence-corrected chi connectivity index (χ1v) is 17.4. The molecule has 50 heavy (non-hydrogen) atoms. The second kappa shape index (κ2) is 11.6. The molecule has 0 heteroatoms. The van der Waals surface area contributed by atoms with Gasteiger partial charge in [-0.25, -0.2) is 0 Å². The maximum Gasteiger partial charge on any atom is -0.00139 e. The molecule has 10 rings (SSSR count). The fourth-order valence-corrected chi connectivity index (χ4v) is 8.11. The molecule has 0 aromatic heterocycles. The van der Waals surface area contributed by atoms with Gasteiger partial charge in [-0.15, -0.1) is 0 Å². The quantitative estimate of drug-likeness (QED) is 0.166. The van der Waals surface area contributed by atoms with Gasteiger partial charge < -0.3 is 0 Å². The first-order valence-electron chi connectivity index (χ1n) is 17.4. The van der Waals surface area contributed by atoms with E-state index in [1.165, 1.54) is 98.7 Å². The van der Waals surface area contributed by atoms with Crippen molar-refractivity contribution in [3.05, 3.63) is 194 Å². The van der Waals surface area contributed by atoms with Gasteiger partial charge in [-0.3, -0.25) is 0 Å². The van der Waals surface area contributed by atoms with E-state index in [2.05, 4.69) is 194 Å². The first-order chi connectivity index (χ1) is 24.8. The summed E-state index contributed by atoms with van der Waals surface area (Å²) in [5.74, 6) is 0. The fourth-order valence-electron chi connectivity index (χ4n) is 8.11. The molecule has 0 N–H and O–H groups in total. The predicted octanol–water partition coefficient (Wildman–Crippen LogP) is 14.1. The number of fused-ring (bicyclic) bond motifs is 1. The lowest BCUT2D eigenvalue weighted by atomic mass is 9.81. The lowest BCUT2D eigenvalue weighted by molar-refractivity contribution is 1.59. The van der Waals surface area contributed by atoms with Gasteiger partial charge in [-0.05, 0) is 117 Å². The van der Waals surface area contributed by atoms with Crippen molar-refractivity contribution in [3.63, 3.8) is 0 Å². The van der Waals surface area contributed by atoms with Crippen molar-refractivity contribution in [3.8, 4) is 55.6 Å². The average Bonchev–Trinajstić information content (AvgIpc) is 3.20. The molecule has 0 saturated heterocycles. The summed E-state index contributed by atoms with van der Waals surface area (Å²) >= 11 is 0. The molecule has 10 aromatic rings. The Kier molecular flexibility index (Phi) is 6.60. The van der Waals surface area contributed by atoms with E-state index in [4.69, 9.17) is 0 Å². The van der Waals surface area contributed by atoms with Crippen LogP contribution in [0.2, 0.25) is 0 Å². The minimum absolute atomic E-state index is 1.22. The van der Waals surface area contributed by atoms with Gasteiger partial charge >= 0.3 is 0 Å². The van der Waals surface area contributed by atoms with Crippen LogP contribution in [0.3, 0.4) is 0 Å². The van der Waals surface area contributed by atoms with Crippen molar-refractivity contribution in [2.45, 2.75) is 0 Å². The van der Waals surface area contributed by atoms with E-state index in [0.717, 1.165) is 0 Å². The normalized spacial score (nSPS) is 11.6. The second-order valence-electron chi connectivity index (χ2n) is 13.2. The van der Waals surface area contributed by atoms with E-state index in [9.17, 15) is 0 Å². The van der Waals surface area contributed by atoms with Crippen LogP contribution in [0, 0.1) is 0 Å². The zero-order valence-corrected chi connectivity index (χ0v) is 27.5. The molecule has 0 aliphatic rings. The first kappa shape index (κ1) is 28.5. The molecule has 0 unspecified atom stereocenters. The van der Waals surface area contributed by atoms with Crippen LogP contribution < -0.4 is 0 Å². The Labute approximate surface area is 291 Å². The highest BCUT2D eigenvalue weighted by molar-refractivity contribution is 6.32. The Balaban J connectivity index is 1.38. The van der Waals surface area contributed by atoms with Gasteiger partial charge in [0.25, 0.3) is 0 Å². The third-order valence-electron chi connectivity index (χ3n) is 10.4. The molecule has 0 saturated carbocycles. The molecule has 0 aliphatic carbocycles. The summed E-state index contributed by atoms with van der Waals surface area (Å²) in [6, 6.07) is 71.3. The van der Waals surface area contributed by atoms with Crippen molar-refractivity contribution < 1.29 is 0 Å². The summed E-state index contributed by atoms with van der Waals surface area (Å²) in [5, 5.41) is 10.3. The molecule has 10 aromatic carbocycles.